The molecule has 8 heteroatoms. The van der Waals surface area contributed by atoms with E-state index in [1.165, 1.54) is 0 Å². The second-order valence-electron chi connectivity index (χ2n) is 6.50. The Balaban J connectivity index is 2.20. The number of anilines is 1. The average Bonchev–Trinajstić information content (AvgIpc) is 2.82. The topological polar surface area (TPSA) is 91.8 Å². The smallest absolute Gasteiger partial charge is 0.225 e. The first-order chi connectivity index (χ1) is 15.0. The summed E-state index contributed by atoms with van der Waals surface area (Å²) in [5.74, 6) is 3.05. The van der Waals surface area contributed by atoms with E-state index in [0.29, 0.717) is 52.3 Å². The highest BCUT2D eigenvalue weighted by molar-refractivity contribution is 5.90. The van der Waals surface area contributed by atoms with E-state index in [0.717, 1.165) is 5.56 Å². The Morgan fingerprint density at radius 3 is 1.94 bits per heavy atom. The molecule has 1 N–H and O–H groups in total. The third kappa shape index (κ3) is 4.85. The molecule has 0 saturated heterocycles. The van der Waals surface area contributed by atoms with Crippen LogP contribution in [-0.4, -0.2) is 44.3 Å². The van der Waals surface area contributed by atoms with E-state index in [9.17, 15) is 4.79 Å². The molecule has 8 nitrogen and oxygen atoms in total. The molecule has 0 bridgehead atoms. The summed E-state index contributed by atoms with van der Waals surface area (Å²) in [4.78, 5) is 21.3. The molecule has 162 valence electrons. The van der Waals surface area contributed by atoms with Crippen molar-refractivity contribution in [2.75, 3.05) is 33.8 Å². The van der Waals surface area contributed by atoms with Crippen molar-refractivity contribution in [2.24, 2.45) is 0 Å². The summed E-state index contributed by atoms with van der Waals surface area (Å²) in [6, 6.07) is 12.5. The molecule has 0 atom stereocenters. The average molecular weight is 423 g/mol. The lowest BCUT2D eigenvalue weighted by Gasteiger charge is -2.14. The molecule has 1 aromatic heterocycles. The van der Waals surface area contributed by atoms with Crippen LogP contribution in [0.5, 0.6) is 23.0 Å². The van der Waals surface area contributed by atoms with Gasteiger partial charge in [-0.05, 0) is 24.3 Å². The minimum Gasteiger partial charge on any atom is -0.497 e. The standard InChI is InChI=1S/C23H25N3O5/c1-6-22(27)25-21-13-18(16-9-7-14(28-2)11-19(16)30-4)24-23(26-21)17-10-8-15(29-3)12-20(17)31-5/h7-13H,6H2,1-5H3,(H,24,25,26,27). The SMILES string of the molecule is CCC(=O)Nc1cc(-c2ccc(OC)cc2OC)nc(-c2ccc(OC)cc2OC)n1. The minimum absolute atomic E-state index is 0.154. The first kappa shape index (κ1) is 21.9. The quantitative estimate of drug-likeness (QED) is 0.581. The van der Waals surface area contributed by atoms with Crippen LogP contribution in [-0.2, 0) is 4.79 Å². The van der Waals surface area contributed by atoms with Gasteiger partial charge in [0.2, 0.25) is 5.91 Å². The molecule has 0 aliphatic rings. The molecule has 2 aromatic carbocycles. The monoisotopic (exact) mass is 423 g/mol. The van der Waals surface area contributed by atoms with Crippen LogP contribution in [0.3, 0.4) is 0 Å². The van der Waals surface area contributed by atoms with Crippen molar-refractivity contribution in [3.05, 3.63) is 42.5 Å². The zero-order chi connectivity index (χ0) is 22.4. The van der Waals surface area contributed by atoms with Crippen molar-refractivity contribution in [1.82, 2.24) is 9.97 Å². The Morgan fingerprint density at radius 1 is 0.806 bits per heavy atom. The molecule has 0 aliphatic heterocycles. The number of nitrogens with one attached hydrogen (secondary N) is 1. The van der Waals surface area contributed by atoms with E-state index >= 15 is 0 Å². The summed E-state index contributed by atoms with van der Waals surface area (Å²) in [6.07, 6.45) is 0.326. The molecule has 0 radical (unpaired) electrons. The Morgan fingerprint density at radius 2 is 1.39 bits per heavy atom. The summed E-state index contributed by atoms with van der Waals surface area (Å²) in [6.45, 7) is 1.78. The van der Waals surface area contributed by atoms with Gasteiger partial charge in [-0.25, -0.2) is 9.97 Å². The number of hydrogen-bond donors (Lipinski definition) is 1. The number of benzene rings is 2. The van der Waals surface area contributed by atoms with Gasteiger partial charge in [-0.3, -0.25) is 4.79 Å². The molecule has 0 unspecified atom stereocenters. The van der Waals surface area contributed by atoms with Crippen molar-refractivity contribution in [1.29, 1.82) is 0 Å². The number of rotatable bonds is 8. The predicted octanol–water partition coefficient (Wildman–Crippen LogP) is 4.19. The van der Waals surface area contributed by atoms with E-state index in [1.807, 2.05) is 18.2 Å². The van der Waals surface area contributed by atoms with E-state index in [-0.39, 0.29) is 5.91 Å². The minimum atomic E-state index is -0.154. The highest BCUT2D eigenvalue weighted by Gasteiger charge is 2.17. The lowest BCUT2D eigenvalue weighted by molar-refractivity contribution is -0.115. The zero-order valence-corrected chi connectivity index (χ0v) is 18.2. The maximum atomic E-state index is 12.0. The summed E-state index contributed by atoms with van der Waals surface area (Å²) in [7, 11) is 6.31. The van der Waals surface area contributed by atoms with Gasteiger partial charge in [0.15, 0.2) is 5.82 Å². The van der Waals surface area contributed by atoms with Gasteiger partial charge in [-0.1, -0.05) is 6.92 Å². The van der Waals surface area contributed by atoms with E-state index in [1.54, 1.807) is 59.6 Å². The molecule has 3 aromatic rings. The van der Waals surface area contributed by atoms with Crippen LogP contribution in [0.25, 0.3) is 22.6 Å². The number of carbonyl (C=O) groups is 1. The zero-order valence-electron chi connectivity index (χ0n) is 18.2. The number of carbonyl (C=O) groups excluding carboxylic acids is 1. The van der Waals surface area contributed by atoms with Gasteiger partial charge in [-0.2, -0.15) is 0 Å². The molecule has 1 heterocycles. The van der Waals surface area contributed by atoms with Gasteiger partial charge in [0.25, 0.3) is 0 Å². The number of methoxy groups -OCH3 is 4. The number of hydrogen-bond acceptors (Lipinski definition) is 7. The Bertz CT molecular complexity index is 1010. The molecular formula is C23H25N3O5. The van der Waals surface area contributed by atoms with Crippen molar-refractivity contribution < 1.29 is 23.7 Å². The largest absolute Gasteiger partial charge is 0.497 e. The van der Waals surface area contributed by atoms with Gasteiger partial charge in [0.1, 0.15) is 28.8 Å². The van der Waals surface area contributed by atoms with Crippen LogP contribution >= 0.6 is 0 Å². The lowest BCUT2D eigenvalue weighted by Crippen LogP contribution is -2.12. The fraction of sp³-hybridized carbons (Fsp3) is 0.261. The summed E-state index contributed by atoms with van der Waals surface area (Å²) in [5, 5.41) is 2.81. The van der Waals surface area contributed by atoms with Crippen LogP contribution in [0.15, 0.2) is 42.5 Å². The third-order valence-corrected chi connectivity index (χ3v) is 4.65. The summed E-state index contributed by atoms with van der Waals surface area (Å²) < 4.78 is 21.6. The maximum absolute atomic E-state index is 12.0. The van der Waals surface area contributed by atoms with E-state index < -0.39 is 0 Å². The Kier molecular flexibility index (Phi) is 6.92. The highest BCUT2D eigenvalue weighted by atomic mass is 16.5. The van der Waals surface area contributed by atoms with E-state index in [4.69, 9.17) is 23.9 Å². The van der Waals surface area contributed by atoms with Gasteiger partial charge in [0.05, 0.1) is 39.7 Å². The molecule has 0 fully saturated rings. The number of amides is 1. The van der Waals surface area contributed by atoms with Crippen molar-refractivity contribution in [2.45, 2.75) is 13.3 Å². The van der Waals surface area contributed by atoms with Crippen molar-refractivity contribution in [3.8, 4) is 45.6 Å². The number of ether oxygens (including phenoxy) is 4. The second kappa shape index (κ2) is 9.80. The number of nitrogens with zero attached hydrogens (tertiary/aromatic N) is 2. The molecular weight excluding hydrogens is 398 g/mol. The Labute approximate surface area is 181 Å². The van der Waals surface area contributed by atoms with Gasteiger partial charge in [0, 0.05) is 30.2 Å². The van der Waals surface area contributed by atoms with Gasteiger partial charge >= 0.3 is 0 Å². The van der Waals surface area contributed by atoms with Crippen LogP contribution < -0.4 is 24.3 Å². The van der Waals surface area contributed by atoms with E-state index in [2.05, 4.69) is 10.3 Å². The fourth-order valence-corrected chi connectivity index (χ4v) is 2.99. The molecule has 0 aliphatic carbocycles. The van der Waals surface area contributed by atoms with Crippen LogP contribution in [0.1, 0.15) is 13.3 Å². The van der Waals surface area contributed by atoms with Crippen LogP contribution in [0.2, 0.25) is 0 Å². The van der Waals surface area contributed by atoms with Crippen LogP contribution in [0, 0.1) is 0 Å². The second-order valence-corrected chi connectivity index (χ2v) is 6.50. The molecule has 0 saturated carbocycles. The van der Waals surface area contributed by atoms with Gasteiger partial charge in [-0.15, -0.1) is 0 Å². The fourth-order valence-electron chi connectivity index (χ4n) is 2.99. The lowest BCUT2D eigenvalue weighted by atomic mass is 10.1. The molecule has 3 rings (SSSR count). The molecule has 31 heavy (non-hydrogen) atoms. The molecule has 0 spiro atoms. The van der Waals surface area contributed by atoms with Crippen LogP contribution in [0.4, 0.5) is 5.82 Å². The van der Waals surface area contributed by atoms with Crippen molar-refractivity contribution in [3.63, 3.8) is 0 Å². The third-order valence-electron chi connectivity index (χ3n) is 4.65. The first-order valence-electron chi connectivity index (χ1n) is 9.66. The summed E-state index contributed by atoms with van der Waals surface area (Å²) in [5.41, 5.74) is 1.96. The van der Waals surface area contributed by atoms with Crippen molar-refractivity contribution >= 4 is 11.7 Å². The normalized spacial score (nSPS) is 10.4. The maximum Gasteiger partial charge on any atom is 0.225 e. The summed E-state index contributed by atoms with van der Waals surface area (Å²) >= 11 is 0. The number of aromatic nitrogens is 2. The highest BCUT2D eigenvalue weighted by Crippen LogP contribution is 2.36. The molecule has 1 amide bonds. The first-order valence-corrected chi connectivity index (χ1v) is 9.66. The predicted molar refractivity (Wildman–Crippen MR) is 118 cm³/mol. The van der Waals surface area contributed by atoms with Gasteiger partial charge < -0.3 is 24.3 Å². The Hall–Kier alpha value is -3.81.